The van der Waals surface area contributed by atoms with Crippen LogP contribution in [-0.2, 0) is 15.6 Å². The molecule has 376 valence electrons. The first kappa shape index (κ1) is 44.7. The summed E-state index contributed by atoms with van der Waals surface area (Å²) in [5.41, 5.74) is 11.1. The molecule has 6 saturated carbocycles. The van der Waals surface area contributed by atoms with Crippen LogP contribution in [0.2, 0.25) is 0 Å². The number of carboxylic acid groups (broad SMARTS) is 1. The monoisotopic (exact) mass is 959 g/mol. The van der Waals surface area contributed by atoms with Crippen LogP contribution in [0.4, 0.5) is 11.4 Å². The van der Waals surface area contributed by atoms with Gasteiger partial charge in [-0.25, -0.2) is 0 Å². The lowest BCUT2D eigenvalue weighted by molar-refractivity contribution is -0.245. The topological polar surface area (TPSA) is 111 Å². The van der Waals surface area contributed by atoms with Gasteiger partial charge in [0.1, 0.15) is 0 Å². The Labute approximate surface area is 421 Å². The molecule has 4 bridgehead atoms. The molecular weight excluding hydrogens is 881 g/mol. The van der Waals surface area contributed by atoms with Crippen molar-refractivity contribution in [2.45, 2.75) is 164 Å². The highest BCUT2D eigenvalue weighted by Crippen LogP contribution is 2.78. The molecule has 0 aromatic heterocycles. The fourth-order valence-electron chi connectivity index (χ4n) is 22.8. The van der Waals surface area contributed by atoms with Crippen LogP contribution in [-0.4, -0.2) is 104 Å². The van der Waals surface area contributed by atoms with Crippen molar-refractivity contribution in [3.63, 3.8) is 0 Å². The summed E-state index contributed by atoms with van der Waals surface area (Å²) in [5.74, 6) is 0.900. The predicted octanol–water partition coefficient (Wildman–Crippen LogP) is 9.19. The van der Waals surface area contributed by atoms with Gasteiger partial charge in [0.2, 0.25) is 0 Å². The van der Waals surface area contributed by atoms with Crippen molar-refractivity contribution >= 4 is 17.3 Å². The fraction of sp³-hybridized carbons (Fsp3) is 0.661. The molecule has 20 atom stereocenters. The van der Waals surface area contributed by atoms with E-state index < -0.39 is 24.3 Å². The number of hydrogen-bond acceptors (Lipinski definition) is 8. The highest BCUT2D eigenvalue weighted by Gasteiger charge is 2.80. The highest BCUT2D eigenvalue weighted by molar-refractivity contribution is 5.78. The van der Waals surface area contributed by atoms with Gasteiger partial charge in [-0.2, -0.15) is 0 Å². The number of benzene rings is 2. The minimum absolute atomic E-state index is 0.0397. The van der Waals surface area contributed by atoms with Crippen LogP contribution in [0.3, 0.4) is 0 Å². The number of aliphatic carboxylic acids is 1. The van der Waals surface area contributed by atoms with Gasteiger partial charge >= 0.3 is 5.97 Å². The molecule has 6 aliphatic carbocycles. The van der Waals surface area contributed by atoms with E-state index in [9.17, 15) is 25.2 Å². The lowest BCUT2D eigenvalue weighted by Crippen LogP contribution is -2.77. The highest BCUT2D eigenvalue weighted by atomic mass is 16.4. The molecule has 10 fully saturated rings. The van der Waals surface area contributed by atoms with Crippen LogP contribution in [0.5, 0.6) is 0 Å². The number of para-hydroxylation sites is 2. The largest absolute Gasteiger partial charge is 0.481 e. The number of carbonyl (C=O) groups is 1. The van der Waals surface area contributed by atoms with Crippen LogP contribution < -0.4 is 9.80 Å². The molecule has 0 amide bonds. The second-order valence-corrected chi connectivity index (χ2v) is 26.6. The summed E-state index contributed by atoms with van der Waals surface area (Å²) >= 11 is 0. The molecule has 20 unspecified atom stereocenters. The summed E-state index contributed by atoms with van der Waals surface area (Å²) in [7, 11) is 0. The van der Waals surface area contributed by atoms with Crippen molar-refractivity contribution in [2.24, 2.45) is 64.1 Å². The summed E-state index contributed by atoms with van der Waals surface area (Å²) in [6.07, 6.45) is 19.0. The average Bonchev–Trinajstić information content (AvgIpc) is 4.17. The molecule has 13 aliphatic rings. The molecule has 7 aliphatic heterocycles. The molecule has 0 radical (unpaired) electrons. The van der Waals surface area contributed by atoms with E-state index in [2.05, 4.69) is 127 Å². The number of carboxylic acids is 1. The molecule has 2 spiro atoms. The van der Waals surface area contributed by atoms with Gasteiger partial charge in [0.05, 0.1) is 30.4 Å². The van der Waals surface area contributed by atoms with Crippen LogP contribution in [0.1, 0.15) is 123 Å². The zero-order valence-corrected chi connectivity index (χ0v) is 42.9. The summed E-state index contributed by atoms with van der Waals surface area (Å²) in [5, 5.41) is 48.0. The lowest BCUT2D eigenvalue weighted by atomic mass is 9.35. The van der Waals surface area contributed by atoms with E-state index in [0.29, 0.717) is 37.6 Å². The summed E-state index contributed by atoms with van der Waals surface area (Å²) in [4.78, 5) is 23.4. The van der Waals surface area contributed by atoms with Crippen molar-refractivity contribution in [2.75, 3.05) is 36.0 Å². The lowest BCUT2D eigenvalue weighted by Gasteiger charge is -2.72. The van der Waals surface area contributed by atoms with Crippen molar-refractivity contribution < 1.29 is 25.2 Å². The Bertz CT molecular complexity index is 2770. The van der Waals surface area contributed by atoms with E-state index >= 15 is 0 Å². The third kappa shape index (κ3) is 5.07. The second-order valence-electron chi connectivity index (χ2n) is 26.6. The van der Waals surface area contributed by atoms with Crippen molar-refractivity contribution in [3.8, 4) is 0 Å². The first-order valence-corrected chi connectivity index (χ1v) is 28.5. The van der Waals surface area contributed by atoms with E-state index in [1.807, 2.05) is 0 Å². The van der Waals surface area contributed by atoms with E-state index in [4.69, 9.17) is 0 Å². The molecule has 9 heteroatoms. The Morgan fingerprint density at radius 1 is 0.775 bits per heavy atom. The van der Waals surface area contributed by atoms with Crippen molar-refractivity contribution in [1.29, 1.82) is 0 Å². The smallest absolute Gasteiger partial charge is 0.303 e. The number of allylic oxidation sites excluding steroid dienone is 2. The maximum atomic E-state index is 13.0. The van der Waals surface area contributed by atoms with Gasteiger partial charge in [-0.05, 0) is 178 Å². The van der Waals surface area contributed by atoms with Gasteiger partial charge in [-0.15, -0.1) is 0 Å². The van der Waals surface area contributed by atoms with Gasteiger partial charge in [-0.3, -0.25) is 14.6 Å². The average molecular weight is 959 g/mol. The number of nitrogens with zero attached hydrogens (tertiary/aromatic N) is 4. The molecule has 4 N–H and O–H groups in total. The van der Waals surface area contributed by atoms with Crippen LogP contribution in [0.25, 0.3) is 0 Å². The Morgan fingerprint density at radius 2 is 1.48 bits per heavy atom. The third-order valence-electron chi connectivity index (χ3n) is 25.3. The SMILES string of the molecule is C/C=C1\CN2CCC34c5ccccc5N5/C=C6/C7CC8(C9CC(O)CC%10CC(O)C%11C%12CCC(C(C)CCC(=O)O)C%12(C)C(O)CC%11C%109C)N(CCC89c8ccccc8N(/C=C(/C1CC23)C54)C69)C/C7=C/C. The number of fused-ring (bicyclic) bond motifs is 13. The Balaban J connectivity index is 0.933. The summed E-state index contributed by atoms with van der Waals surface area (Å²) in [6.45, 7) is 15.9. The number of rotatable bonds is 5. The first-order chi connectivity index (χ1) is 34.3. The van der Waals surface area contributed by atoms with Gasteiger partial charge in [0, 0.05) is 84.1 Å². The predicted molar refractivity (Wildman–Crippen MR) is 276 cm³/mol. The van der Waals surface area contributed by atoms with Gasteiger partial charge in [-0.1, -0.05) is 80.5 Å². The number of anilines is 2. The van der Waals surface area contributed by atoms with Crippen molar-refractivity contribution in [3.05, 3.63) is 107 Å². The standard InChI is InChI=1S/C62H78N4O5/c1-6-35-30-63-22-20-60-44-12-8-10-14-48(44)65-33-42-40-29-62(61(21-23-64(62)31-36(40)7-2)45-13-9-11-15-49(45)66(57(42)61)32-41(56(60)65)39(35)27-52(60)63)51-26-38(67)24-37-25-50(68)55-46-18-17-43(34(3)16-19-54(70)71)59(46,5)53(69)28-47(55)58(37,51)4/h6-15,32-34,37-40,43,46-47,50-53,55-57,67-69H,16-31H2,1-5H3,(H,70,71)/b35-6+,36-7-,41-32-,42-33-. The van der Waals surface area contributed by atoms with E-state index in [0.717, 1.165) is 58.3 Å². The maximum Gasteiger partial charge on any atom is 0.303 e. The molecule has 2 aromatic carbocycles. The quantitative estimate of drug-likeness (QED) is 0.218. The number of piperidine rings is 2. The second kappa shape index (κ2) is 14.8. The third-order valence-corrected chi connectivity index (χ3v) is 25.3. The number of hydrogen-bond donors (Lipinski definition) is 4. The van der Waals surface area contributed by atoms with Gasteiger partial charge < -0.3 is 30.2 Å². The van der Waals surface area contributed by atoms with Crippen molar-refractivity contribution in [1.82, 2.24) is 9.80 Å². The molecule has 2 aromatic rings. The summed E-state index contributed by atoms with van der Waals surface area (Å²) < 4.78 is 0. The Morgan fingerprint density at radius 3 is 2.24 bits per heavy atom. The fourth-order valence-corrected chi connectivity index (χ4v) is 22.8. The van der Waals surface area contributed by atoms with Crippen LogP contribution in [0.15, 0.2) is 95.4 Å². The van der Waals surface area contributed by atoms with Gasteiger partial charge in [0.15, 0.2) is 0 Å². The summed E-state index contributed by atoms with van der Waals surface area (Å²) in [6, 6.07) is 20.0. The zero-order chi connectivity index (χ0) is 48.5. The molecule has 15 rings (SSSR count). The molecule has 4 saturated heterocycles. The van der Waals surface area contributed by atoms with Crippen LogP contribution >= 0.6 is 0 Å². The Kier molecular flexibility index (Phi) is 9.30. The van der Waals surface area contributed by atoms with E-state index in [1.165, 1.54) is 29.8 Å². The number of aliphatic hydroxyl groups excluding tert-OH is 3. The van der Waals surface area contributed by atoms with Crippen LogP contribution in [0, 0.1) is 64.1 Å². The van der Waals surface area contributed by atoms with Gasteiger partial charge in [0.25, 0.3) is 0 Å². The molecule has 7 heterocycles. The molecular formula is C62H78N4O5. The van der Waals surface area contributed by atoms with E-state index in [-0.39, 0.29) is 93.0 Å². The normalized spacial score (nSPS) is 51.2. The molecule has 71 heavy (non-hydrogen) atoms. The minimum Gasteiger partial charge on any atom is -0.481 e. The maximum absolute atomic E-state index is 13.0. The Hall–Kier alpha value is -3.73. The first-order valence-electron chi connectivity index (χ1n) is 28.5. The molecule has 9 nitrogen and oxygen atoms in total. The number of aliphatic hydroxyl groups is 3. The minimum atomic E-state index is -0.749. The zero-order valence-electron chi connectivity index (χ0n) is 42.9. The van der Waals surface area contributed by atoms with E-state index in [1.54, 1.807) is 27.9 Å².